The fourth-order valence-electron chi connectivity index (χ4n) is 3.49. The molecule has 2 aromatic carbocycles. The maximum atomic E-state index is 9.29. The lowest BCUT2D eigenvalue weighted by atomic mass is 9.99. The van der Waals surface area contributed by atoms with Crippen molar-refractivity contribution in [1.29, 1.82) is 0 Å². The van der Waals surface area contributed by atoms with Crippen LogP contribution in [0.2, 0.25) is 0 Å². The molecule has 0 aromatic heterocycles. The summed E-state index contributed by atoms with van der Waals surface area (Å²) >= 11 is 0. The van der Waals surface area contributed by atoms with Gasteiger partial charge in [-0.05, 0) is 23.7 Å². The van der Waals surface area contributed by atoms with Gasteiger partial charge in [-0.1, -0.05) is 54.6 Å². The Morgan fingerprint density at radius 3 is 2.32 bits per heavy atom. The average molecular weight is 383 g/mol. The Morgan fingerprint density at radius 1 is 1.07 bits per heavy atom. The number of hydrogen-bond donors (Lipinski definition) is 2. The molecule has 0 bridgehead atoms. The number of nitrogens with zero attached hydrogens (tertiary/aromatic N) is 1. The number of nitrogens with two attached hydrogens (primary N) is 1. The van der Waals surface area contributed by atoms with Crippen molar-refractivity contribution in [3.63, 3.8) is 0 Å². The predicted molar refractivity (Wildman–Crippen MR) is 110 cm³/mol. The van der Waals surface area contributed by atoms with Gasteiger partial charge in [0.2, 0.25) is 0 Å². The first-order chi connectivity index (χ1) is 13.6. The van der Waals surface area contributed by atoms with Crippen molar-refractivity contribution >= 4 is 0 Å². The van der Waals surface area contributed by atoms with E-state index >= 15 is 0 Å². The molecule has 1 saturated heterocycles. The second-order valence-electron chi connectivity index (χ2n) is 7.31. The van der Waals surface area contributed by atoms with E-state index in [-0.39, 0.29) is 18.8 Å². The van der Waals surface area contributed by atoms with E-state index in [1.54, 1.807) is 0 Å². The van der Waals surface area contributed by atoms with Gasteiger partial charge < -0.3 is 25.2 Å². The van der Waals surface area contributed by atoms with Gasteiger partial charge in [0.15, 0.2) is 6.29 Å². The Hall–Kier alpha value is -2.02. The topological polar surface area (TPSA) is 68.0 Å². The highest BCUT2D eigenvalue weighted by Gasteiger charge is 2.32. The quantitative estimate of drug-likeness (QED) is 0.686. The number of hydrogen-bond acceptors (Lipinski definition) is 5. The fourth-order valence-corrected chi connectivity index (χ4v) is 3.49. The van der Waals surface area contributed by atoms with Gasteiger partial charge >= 0.3 is 0 Å². The van der Waals surface area contributed by atoms with E-state index < -0.39 is 6.29 Å². The third-order valence-electron chi connectivity index (χ3n) is 5.06. The van der Waals surface area contributed by atoms with Crippen molar-refractivity contribution in [3.8, 4) is 0 Å². The van der Waals surface area contributed by atoms with Crippen molar-refractivity contribution in [1.82, 2.24) is 4.90 Å². The minimum atomic E-state index is -0.426. The summed E-state index contributed by atoms with van der Waals surface area (Å²) in [7, 11) is 2.07. The molecule has 28 heavy (non-hydrogen) atoms. The van der Waals surface area contributed by atoms with Crippen LogP contribution < -0.4 is 5.73 Å². The number of aliphatic hydroxyl groups is 1. The van der Waals surface area contributed by atoms with Crippen LogP contribution in [0, 0.1) is 0 Å². The summed E-state index contributed by atoms with van der Waals surface area (Å²) in [6, 6.07) is 16.0. The Morgan fingerprint density at radius 2 is 1.71 bits per heavy atom. The molecule has 1 heterocycles. The van der Waals surface area contributed by atoms with Crippen LogP contribution in [-0.2, 0) is 22.6 Å². The number of ether oxygens (including phenoxy) is 2. The van der Waals surface area contributed by atoms with Gasteiger partial charge in [-0.15, -0.1) is 6.58 Å². The Bertz CT molecular complexity index is 690. The van der Waals surface area contributed by atoms with E-state index in [1.807, 2.05) is 54.6 Å². The summed E-state index contributed by atoms with van der Waals surface area (Å²) in [5.41, 5.74) is 9.78. The average Bonchev–Trinajstić information content (AvgIpc) is 2.74. The summed E-state index contributed by atoms with van der Waals surface area (Å²) < 4.78 is 12.6. The van der Waals surface area contributed by atoms with Crippen molar-refractivity contribution < 1.29 is 14.6 Å². The highest BCUT2D eigenvalue weighted by molar-refractivity contribution is 5.26. The van der Waals surface area contributed by atoms with Crippen molar-refractivity contribution in [3.05, 3.63) is 83.4 Å². The molecular formula is C23H30N2O3. The van der Waals surface area contributed by atoms with Gasteiger partial charge in [0.25, 0.3) is 0 Å². The molecule has 0 aliphatic carbocycles. The van der Waals surface area contributed by atoms with Gasteiger partial charge in [0.05, 0.1) is 18.8 Å². The van der Waals surface area contributed by atoms with Crippen LogP contribution in [0.15, 0.2) is 61.2 Å². The standard InChI is InChI=1S/C23H30N2O3/c1-3-12-25(2)15-21-13-22(19-8-6-18(16-26)7-9-19)28-23(27-21)20-10-4-17(14-24)5-11-20/h3-11,21-23,26H,1,12-16,24H2,2H3/t21-,22+,23?/m0/s1. The normalized spacial score (nSPS) is 22.4. The SMILES string of the molecule is C=CCN(C)C[C@@H]1C[C@H](c2ccc(CO)cc2)OC(c2ccc(CN)cc2)O1. The largest absolute Gasteiger partial charge is 0.392 e. The molecule has 3 N–H and O–H groups in total. The molecule has 1 aliphatic rings. The molecule has 0 saturated carbocycles. The molecule has 1 aliphatic heterocycles. The lowest BCUT2D eigenvalue weighted by Crippen LogP contribution is -2.37. The third kappa shape index (κ3) is 5.28. The molecule has 0 spiro atoms. The first-order valence-electron chi connectivity index (χ1n) is 9.72. The highest BCUT2D eigenvalue weighted by atomic mass is 16.7. The number of aliphatic hydroxyl groups excluding tert-OH is 1. The fraction of sp³-hybridized carbons (Fsp3) is 0.391. The van der Waals surface area contributed by atoms with Crippen molar-refractivity contribution in [2.45, 2.75) is 38.1 Å². The molecule has 0 radical (unpaired) electrons. The Kier molecular flexibility index (Phi) is 7.36. The van der Waals surface area contributed by atoms with Gasteiger partial charge in [0.1, 0.15) is 0 Å². The van der Waals surface area contributed by atoms with Crippen LogP contribution in [0.4, 0.5) is 0 Å². The van der Waals surface area contributed by atoms with Crippen LogP contribution in [-0.4, -0.2) is 36.2 Å². The zero-order chi connectivity index (χ0) is 19.9. The minimum Gasteiger partial charge on any atom is -0.392 e. The van der Waals surface area contributed by atoms with Gasteiger partial charge in [0, 0.05) is 31.6 Å². The number of likely N-dealkylation sites (N-methyl/N-ethyl adjacent to an activating group) is 1. The summed E-state index contributed by atoms with van der Waals surface area (Å²) in [5, 5.41) is 9.29. The maximum Gasteiger partial charge on any atom is 0.184 e. The van der Waals surface area contributed by atoms with Gasteiger partial charge in [-0.2, -0.15) is 0 Å². The van der Waals surface area contributed by atoms with E-state index in [4.69, 9.17) is 15.2 Å². The van der Waals surface area contributed by atoms with Crippen LogP contribution in [0.3, 0.4) is 0 Å². The molecule has 0 amide bonds. The van der Waals surface area contributed by atoms with Crippen LogP contribution >= 0.6 is 0 Å². The van der Waals surface area contributed by atoms with Crippen LogP contribution in [0.25, 0.3) is 0 Å². The van der Waals surface area contributed by atoms with E-state index in [1.165, 1.54) is 0 Å². The van der Waals surface area contributed by atoms with E-state index in [2.05, 4.69) is 18.5 Å². The lowest BCUT2D eigenvalue weighted by molar-refractivity contribution is -0.252. The second kappa shape index (κ2) is 9.96. The first-order valence-corrected chi connectivity index (χ1v) is 9.72. The summed E-state index contributed by atoms with van der Waals surface area (Å²) in [5.74, 6) is 0. The molecule has 3 rings (SSSR count). The Balaban J connectivity index is 1.80. The van der Waals surface area contributed by atoms with Gasteiger partial charge in [-0.25, -0.2) is 0 Å². The molecular weight excluding hydrogens is 352 g/mol. The van der Waals surface area contributed by atoms with E-state index in [9.17, 15) is 5.11 Å². The van der Waals surface area contributed by atoms with E-state index in [0.29, 0.717) is 6.54 Å². The van der Waals surface area contributed by atoms with Gasteiger partial charge in [-0.3, -0.25) is 0 Å². The molecule has 3 atom stereocenters. The third-order valence-corrected chi connectivity index (χ3v) is 5.06. The molecule has 150 valence electrons. The Labute approximate surface area is 167 Å². The van der Waals surface area contributed by atoms with Crippen molar-refractivity contribution in [2.24, 2.45) is 5.73 Å². The smallest absolute Gasteiger partial charge is 0.184 e. The zero-order valence-electron chi connectivity index (χ0n) is 16.5. The molecule has 5 heteroatoms. The summed E-state index contributed by atoms with van der Waals surface area (Å²) in [6.45, 7) is 5.99. The zero-order valence-corrected chi connectivity index (χ0v) is 16.5. The number of benzene rings is 2. The first kappa shape index (κ1) is 20.7. The monoisotopic (exact) mass is 382 g/mol. The molecule has 2 aromatic rings. The lowest BCUT2D eigenvalue weighted by Gasteiger charge is -2.37. The van der Waals surface area contributed by atoms with Crippen molar-refractivity contribution in [2.75, 3.05) is 20.1 Å². The summed E-state index contributed by atoms with van der Waals surface area (Å²) in [4.78, 5) is 2.20. The van der Waals surface area contributed by atoms with Crippen LogP contribution in [0.1, 0.15) is 41.1 Å². The molecule has 1 unspecified atom stereocenters. The highest BCUT2D eigenvalue weighted by Crippen LogP contribution is 2.38. The predicted octanol–water partition coefficient (Wildman–Crippen LogP) is 3.30. The maximum absolute atomic E-state index is 9.29. The summed E-state index contributed by atoms with van der Waals surface area (Å²) in [6.07, 6.45) is 2.22. The van der Waals surface area contributed by atoms with E-state index in [0.717, 1.165) is 41.8 Å². The minimum absolute atomic E-state index is 0.0417. The number of rotatable bonds is 8. The molecule has 1 fully saturated rings. The molecule has 5 nitrogen and oxygen atoms in total. The second-order valence-corrected chi connectivity index (χ2v) is 7.31. The van der Waals surface area contributed by atoms with Crippen LogP contribution in [0.5, 0.6) is 0 Å².